The number of nitrogens with two attached hydrogens (primary N) is 2. The molecule has 2 rings (SSSR count). The topological polar surface area (TPSA) is 198 Å². The number of hydrogen-bond acceptors (Lipinski definition) is 11. The molecule has 14 heteroatoms. The molecule has 0 aliphatic heterocycles. The van der Waals surface area contributed by atoms with Crippen molar-refractivity contribution in [2.24, 2.45) is 5.41 Å². The number of nitrogen functional groups attached to an aromatic ring is 2. The Morgan fingerprint density at radius 3 is 2.66 bits per heavy atom. The molecule has 6 N–H and O–H groups in total. The lowest BCUT2D eigenvalue weighted by atomic mass is 9.98. The van der Waals surface area contributed by atoms with Gasteiger partial charge in [-0.2, -0.15) is 9.97 Å². The number of ether oxygens (including phenoxy) is 2. The number of rotatable bonds is 9. The zero-order valence-electron chi connectivity index (χ0n) is 16.3. The van der Waals surface area contributed by atoms with Gasteiger partial charge in [0.15, 0.2) is 11.5 Å². The molecule has 0 saturated carbocycles. The van der Waals surface area contributed by atoms with E-state index in [2.05, 4.69) is 15.0 Å². The number of imidazole rings is 1. The Morgan fingerprint density at radius 1 is 1.34 bits per heavy atom. The van der Waals surface area contributed by atoms with E-state index in [-0.39, 0.29) is 18.3 Å². The van der Waals surface area contributed by atoms with Crippen molar-refractivity contribution >= 4 is 36.5 Å². The van der Waals surface area contributed by atoms with Crippen LogP contribution in [0.25, 0.3) is 11.2 Å². The summed E-state index contributed by atoms with van der Waals surface area (Å²) in [5.41, 5.74) is 11.2. The second-order valence-electron chi connectivity index (χ2n) is 7.20. The van der Waals surface area contributed by atoms with Gasteiger partial charge in [0, 0.05) is 0 Å². The van der Waals surface area contributed by atoms with Crippen molar-refractivity contribution in [3.63, 3.8) is 0 Å². The van der Waals surface area contributed by atoms with E-state index in [1.54, 1.807) is 20.8 Å². The van der Waals surface area contributed by atoms with Crippen molar-refractivity contribution in [1.82, 2.24) is 19.5 Å². The van der Waals surface area contributed by atoms with Crippen molar-refractivity contribution in [3.05, 3.63) is 6.33 Å². The van der Waals surface area contributed by atoms with Gasteiger partial charge in [0.2, 0.25) is 12.7 Å². The van der Waals surface area contributed by atoms with Gasteiger partial charge in [-0.15, -0.1) is 0 Å². The zero-order chi connectivity index (χ0) is 21.8. The molecule has 0 aliphatic rings. The molecule has 0 aromatic carbocycles. The molecule has 1 unspecified atom stereocenters. The summed E-state index contributed by atoms with van der Waals surface area (Å²) in [6.45, 7) is 3.79. The Labute approximate surface area is 166 Å². The van der Waals surface area contributed by atoms with E-state index in [4.69, 9.17) is 25.5 Å². The summed E-state index contributed by atoms with van der Waals surface area (Å²) in [6, 6.07) is 0. The molecule has 13 nitrogen and oxygen atoms in total. The van der Waals surface area contributed by atoms with Crippen LogP contribution in [-0.2, 0) is 29.9 Å². The minimum absolute atomic E-state index is 0.0436. The van der Waals surface area contributed by atoms with Crippen molar-refractivity contribution in [2.75, 3.05) is 31.2 Å². The Hall–Kier alpha value is -2.31. The minimum Gasteiger partial charge on any atom is -0.438 e. The van der Waals surface area contributed by atoms with Gasteiger partial charge < -0.3 is 35.5 Å². The van der Waals surface area contributed by atoms with E-state index in [1.165, 1.54) is 10.9 Å². The molecule has 0 amide bonds. The number of nitrogens with zero attached hydrogens (tertiary/aromatic N) is 4. The second kappa shape index (κ2) is 9.01. The van der Waals surface area contributed by atoms with Crippen LogP contribution in [0.2, 0.25) is 0 Å². The normalized spacial score (nSPS) is 15.2. The fraction of sp³-hybridized carbons (Fsp3) is 0.600. The van der Waals surface area contributed by atoms with Crippen molar-refractivity contribution in [3.8, 4) is 0 Å². The van der Waals surface area contributed by atoms with Crippen LogP contribution in [-0.4, -0.2) is 61.3 Å². The van der Waals surface area contributed by atoms with Crippen LogP contribution in [0.5, 0.6) is 0 Å². The van der Waals surface area contributed by atoms with Crippen LogP contribution in [0.1, 0.15) is 20.8 Å². The van der Waals surface area contributed by atoms with Crippen LogP contribution in [0.4, 0.5) is 11.8 Å². The Kier molecular flexibility index (Phi) is 7.14. The maximum atomic E-state index is 12.0. The summed E-state index contributed by atoms with van der Waals surface area (Å²) in [5, 5.41) is 9.52. The number of esters is 1. The Bertz CT molecular complexity index is 912. The molecular formula is C15H25N6O7P. The average Bonchev–Trinajstić information content (AvgIpc) is 3.00. The molecule has 0 aliphatic carbocycles. The van der Waals surface area contributed by atoms with E-state index in [0.29, 0.717) is 11.2 Å². The molecule has 0 fully saturated rings. The van der Waals surface area contributed by atoms with Crippen LogP contribution in [0.15, 0.2) is 6.33 Å². The van der Waals surface area contributed by atoms with Gasteiger partial charge in [-0.1, -0.05) is 0 Å². The summed E-state index contributed by atoms with van der Waals surface area (Å²) in [5.74, 6) is -0.527. The summed E-state index contributed by atoms with van der Waals surface area (Å²) in [7, 11) is -4.22. The SMILES string of the molecule is CC(C)(C)C(=O)OCOP(=O)(O)CO[C@H](CO)Cn1cnc2c(N)nc(N)nc21. The standard InChI is InChI=1S/C15H25N6O7P/c1-15(2,3)13(23)26-7-28-29(24,25)8-27-9(5-22)4-21-6-18-10-11(16)19-14(17)20-12(10)21/h6,9,22H,4-5,7-8H2,1-3H3,(H,24,25)(H4,16,17,19,20)/t9-/m0/s1. The third-order valence-electron chi connectivity index (χ3n) is 3.64. The number of aliphatic hydroxyl groups is 1. The highest BCUT2D eigenvalue weighted by Gasteiger charge is 2.27. The summed E-state index contributed by atoms with van der Waals surface area (Å²) in [4.78, 5) is 33.4. The number of aliphatic hydroxyl groups excluding tert-OH is 1. The first kappa shape index (κ1) is 23.0. The minimum atomic E-state index is -4.22. The number of aromatic nitrogens is 4. The van der Waals surface area contributed by atoms with E-state index in [0.717, 1.165) is 0 Å². The highest BCUT2D eigenvalue weighted by atomic mass is 31.2. The summed E-state index contributed by atoms with van der Waals surface area (Å²) in [6.07, 6.45) is -0.203. The van der Waals surface area contributed by atoms with E-state index < -0.39 is 44.8 Å². The molecule has 2 aromatic rings. The first-order valence-corrected chi connectivity index (χ1v) is 10.3. The van der Waals surface area contributed by atoms with Crippen molar-refractivity contribution < 1.29 is 33.4 Å². The largest absolute Gasteiger partial charge is 0.438 e. The third kappa shape index (κ3) is 6.34. The van der Waals surface area contributed by atoms with Crippen LogP contribution < -0.4 is 11.5 Å². The summed E-state index contributed by atoms with van der Waals surface area (Å²) < 4.78 is 28.3. The number of carbonyl (C=O) groups excluding carboxylic acids is 1. The molecule has 29 heavy (non-hydrogen) atoms. The van der Waals surface area contributed by atoms with Crippen LogP contribution in [0.3, 0.4) is 0 Å². The van der Waals surface area contributed by atoms with E-state index >= 15 is 0 Å². The van der Waals surface area contributed by atoms with Gasteiger partial charge in [-0.3, -0.25) is 13.9 Å². The first-order chi connectivity index (χ1) is 13.4. The maximum absolute atomic E-state index is 12.0. The molecule has 0 spiro atoms. The molecule has 2 heterocycles. The zero-order valence-corrected chi connectivity index (χ0v) is 17.2. The smallest absolute Gasteiger partial charge is 0.356 e. The number of fused-ring (bicyclic) bond motifs is 1. The van der Waals surface area contributed by atoms with Crippen LogP contribution in [0, 0.1) is 5.41 Å². The molecule has 162 valence electrons. The van der Waals surface area contributed by atoms with Gasteiger partial charge in [0.25, 0.3) is 0 Å². The van der Waals surface area contributed by atoms with Gasteiger partial charge in [-0.25, -0.2) is 4.98 Å². The van der Waals surface area contributed by atoms with Crippen LogP contribution >= 0.6 is 7.60 Å². The number of carbonyl (C=O) groups is 1. The quantitative estimate of drug-likeness (QED) is 0.237. The Balaban J connectivity index is 1.93. The summed E-state index contributed by atoms with van der Waals surface area (Å²) >= 11 is 0. The highest BCUT2D eigenvalue weighted by molar-refractivity contribution is 7.52. The lowest BCUT2D eigenvalue weighted by Crippen LogP contribution is -2.25. The van der Waals surface area contributed by atoms with Crippen molar-refractivity contribution in [2.45, 2.75) is 33.4 Å². The molecule has 0 saturated heterocycles. The maximum Gasteiger partial charge on any atom is 0.356 e. The first-order valence-electron chi connectivity index (χ1n) is 8.53. The second-order valence-corrected chi connectivity index (χ2v) is 8.99. The molecule has 0 radical (unpaired) electrons. The lowest BCUT2D eigenvalue weighted by Gasteiger charge is -2.20. The van der Waals surface area contributed by atoms with Gasteiger partial charge >= 0.3 is 13.6 Å². The average molecular weight is 432 g/mol. The molecule has 0 bridgehead atoms. The lowest BCUT2D eigenvalue weighted by molar-refractivity contribution is -0.160. The molecule has 2 aromatic heterocycles. The Morgan fingerprint density at radius 2 is 2.03 bits per heavy atom. The van der Waals surface area contributed by atoms with Gasteiger partial charge in [-0.05, 0) is 20.8 Å². The predicted octanol–water partition coefficient (Wildman–Crippen LogP) is 0.0745. The van der Waals surface area contributed by atoms with E-state index in [9.17, 15) is 19.4 Å². The highest BCUT2D eigenvalue weighted by Crippen LogP contribution is 2.42. The van der Waals surface area contributed by atoms with Gasteiger partial charge in [0.1, 0.15) is 11.9 Å². The number of anilines is 2. The predicted molar refractivity (Wildman–Crippen MR) is 102 cm³/mol. The fourth-order valence-corrected chi connectivity index (χ4v) is 2.81. The number of hydrogen-bond donors (Lipinski definition) is 4. The fourth-order valence-electron chi connectivity index (χ4n) is 2.12. The third-order valence-corrected chi connectivity index (χ3v) is 4.63. The molecule has 2 atom stereocenters. The van der Waals surface area contributed by atoms with Gasteiger partial charge in [0.05, 0.1) is 31.0 Å². The molecular weight excluding hydrogens is 407 g/mol. The van der Waals surface area contributed by atoms with E-state index in [1.807, 2.05) is 0 Å². The monoisotopic (exact) mass is 432 g/mol. The van der Waals surface area contributed by atoms with Crippen molar-refractivity contribution in [1.29, 1.82) is 0 Å².